The van der Waals surface area contributed by atoms with Gasteiger partial charge in [-0.15, -0.1) is 0 Å². The molecule has 0 bridgehead atoms. The molecule has 1 amide bonds. The van der Waals surface area contributed by atoms with Crippen molar-refractivity contribution < 1.29 is 4.79 Å². The average Bonchev–Trinajstić information content (AvgIpc) is 2.29. The van der Waals surface area contributed by atoms with Crippen molar-refractivity contribution in [1.82, 2.24) is 0 Å². The Kier molecular flexibility index (Phi) is 4.07. The molecule has 0 spiro atoms. The van der Waals surface area contributed by atoms with E-state index in [4.69, 9.17) is 5.73 Å². The molecular formula is C13H20N2O. The fraction of sp³-hybridized carbons (Fsp3) is 0.462. The molecule has 1 rings (SSSR count). The number of benzene rings is 1. The average molecular weight is 220 g/mol. The van der Waals surface area contributed by atoms with E-state index in [2.05, 4.69) is 12.2 Å². The molecule has 0 heterocycles. The molecule has 16 heavy (non-hydrogen) atoms. The highest BCUT2D eigenvalue weighted by Crippen LogP contribution is 2.18. The first-order valence-corrected chi connectivity index (χ1v) is 5.60. The summed E-state index contributed by atoms with van der Waals surface area (Å²) >= 11 is 0. The Morgan fingerprint density at radius 2 is 2.12 bits per heavy atom. The van der Waals surface area contributed by atoms with Crippen molar-refractivity contribution in [3.63, 3.8) is 0 Å². The van der Waals surface area contributed by atoms with Crippen LogP contribution in [0.2, 0.25) is 0 Å². The third-order valence-corrected chi connectivity index (χ3v) is 2.72. The second-order valence-corrected chi connectivity index (χ2v) is 4.60. The molecule has 0 radical (unpaired) electrons. The van der Waals surface area contributed by atoms with E-state index in [0.29, 0.717) is 6.54 Å². The van der Waals surface area contributed by atoms with Gasteiger partial charge in [0.2, 0.25) is 5.91 Å². The number of hydrogen-bond donors (Lipinski definition) is 2. The Morgan fingerprint density at radius 1 is 1.44 bits per heavy atom. The Hall–Kier alpha value is -1.35. The topological polar surface area (TPSA) is 55.1 Å². The molecule has 3 N–H and O–H groups in total. The quantitative estimate of drug-likeness (QED) is 0.817. The number of nitrogens with one attached hydrogen (secondary N) is 1. The SMILES string of the molecule is CCc1cccc(NC(=O)C(C)(C)CN)c1. The van der Waals surface area contributed by atoms with E-state index in [1.807, 2.05) is 38.1 Å². The molecule has 3 nitrogen and oxygen atoms in total. The normalized spacial score (nSPS) is 11.2. The number of carbonyl (C=O) groups excluding carboxylic acids is 1. The van der Waals surface area contributed by atoms with E-state index in [1.165, 1.54) is 5.56 Å². The molecule has 0 atom stereocenters. The summed E-state index contributed by atoms with van der Waals surface area (Å²) in [6, 6.07) is 7.88. The van der Waals surface area contributed by atoms with Crippen LogP contribution in [0.3, 0.4) is 0 Å². The number of aryl methyl sites for hydroxylation is 1. The Labute approximate surface area is 97.0 Å². The molecule has 0 saturated heterocycles. The minimum Gasteiger partial charge on any atom is -0.329 e. The van der Waals surface area contributed by atoms with Gasteiger partial charge in [-0.05, 0) is 38.0 Å². The summed E-state index contributed by atoms with van der Waals surface area (Å²) in [6.45, 7) is 6.11. The molecule has 0 aliphatic carbocycles. The number of amides is 1. The zero-order valence-electron chi connectivity index (χ0n) is 10.2. The van der Waals surface area contributed by atoms with Crippen LogP contribution in [0.15, 0.2) is 24.3 Å². The highest BCUT2D eigenvalue weighted by molar-refractivity contribution is 5.95. The van der Waals surface area contributed by atoms with Crippen LogP contribution in [0.5, 0.6) is 0 Å². The van der Waals surface area contributed by atoms with E-state index < -0.39 is 5.41 Å². The van der Waals surface area contributed by atoms with Crippen LogP contribution in [0.1, 0.15) is 26.3 Å². The van der Waals surface area contributed by atoms with Crippen molar-refractivity contribution >= 4 is 11.6 Å². The summed E-state index contributed by atoms with van der Waals surface area (Å²) in [5.41, 5.74) is 7.08. The Morgan fingerprint density at radius 3 is 2.69 bits per heavy atom. The maximum Gasteiger partial charge on any atom is 0.231 e. The van der Waals surface area contributed by atoms with Crippen molar-refractivity contribution in [1.29, 1.82) is 0 Å². The van der Waals surface area contributed by atoms with Crippen LogP contribution in [0.25, 0.3) is 0 Å². The van der Waals surface area contributed by atoms with Crippen molar-refractivity contribution in [2.24, 2.45) is 11.1 Å². The number of nitrogens with two attached hydrogens (primary N) is 1. The maximum atomic E-state index is 11.9. The van der Waals surface area contributed by atoms with Gasteiger partial charge in [0.05, 0.1) is 5.41 Å². The van der Waals surface area contributed by atoms with Crippen molar-refractivity contribution in [2.75, 3.05) is 11.9 Å². The van der Waals surface area contributed by atoms with Crippen LogP contribution in [-0.2, 0) is 11.2 Å². The molecule has 0 aliphatic heterocycles. The highest BCUT2D eigenvalue weighted by atomic mass is 16.2. The van der Waals surface area contributed by atoms with Gasteiger partial charge in [0.25, 0.3) is 0 Å². The van der Waals surface area contributed by atoms with Gasteiger partial charge >= 0.3 is 0 Å². The van der Waals surface area contributed by atoms with Crippen molar-refractivity contribution in [3.05, 3.63) is 29.8 Å². The fourth-order valence-electron chi connectivity index (χ4n) is 1.26. The van der Waals surface area contributed by atoms with Crippen LogP contribution >= 0.6 is 0 Å². The zero-order valence-corrected chi connectivity index (χ0v) is 10.2. The van der Waals surface area contributed by atoms with Crippen LogP contribution in [-0.4, -0.2) is 12.5 Å². The number of anilines is 1. The van der Waals surface area contributed by atoms with Gasteiger partial charge in [-0.2, -0.15) is 0 Å². The molecule has 1 aromatic carbocycles. The van der Waals surface area contributed by atoms with Crippen LogP contribution in [0, 0.1) is 5.41 Å². The lowest BCUT2D eigenvalue weighted by molar-refractivity contribution is -0.123. The lowest BCUT2D eigenvalue weighted by atomic mass is 9.92. The summed E-state index contributed by atoms with van der Waals surface area (Å²) in [7, 11) is 0. The predicted molar refractivity (Wildman–Crippen MR) is 67.3 cm³/mol. The van der Waals surface area contributed by atoms with E-state index in [0.717, 1.165) is 12.1 Å². The molecule has 0 saturated carbocycles. The largest absolute Gasteiger partial charge is 0.329 e. The molecule has 1 aromatic rings. The van der Waals surface area contributed by atoms with E-state index >= 15 is 0 Å². The van der Waals surface area contributed by atoms with Gasteiger partial charge in [0.1, 0.15) is 0 Å². The van der Waals surface area contributed by atoms with Gasteiger partial charge in [0.15, 0.2) is 0 Å². The summed E-state index contributed by atoms with van der Waals surface area (Å²) < 4.78 is 0. The molecule has 88 valence electrons. The molecule has 0 aliphatic rings. The summed E-state index contributed by atoms with van der Waals surface area (Å²) in [5.74, 6) is -0.0387. The van der Waals surface area contributed by atoms with Crippen molar-refractivity contribution in [3.8, 4) is 0 Å². The number of rotatable bonds is 4. The second kappa shape index (κ2) is 5.12. The number of hydrogen-bond acceptors (Lipinski definition) is 2. The van der Waals surface area contributed by atoms with Gasteiger partial charge in [-0.3, -0.25) is 4.79 Å². The summed E-state index contributed by atoms with van der Waals surface area (Å²) in [4.78, 5) is 11.9. The van der Waals surface area contributed by atoms with E-state index in [1.54, 1.807) is 0 Å². The summed E-state index contributed by atoms with van der Waals surface area (Å²) in [5, 5.41) is 2.89. The molecular weight excluding hydrogens is 200 g/mol. The van der Waals surface area contributed by atoms with Crippen LogP contribution in [0.4, 0.5) is 5.69 Å². The first-order valence-electron chi connectivity index (χ1n) is 5.60. The number of carbonyl (C=O) groups is 1. The molecule has 0 fully saturated rings. The third-order valence-electron chi connectivity index (χ3n) is 2.72. The standard InChI is InChI=1S/C13H20N2O/c1-4-10-6-5-7-11(8-10)15-12(16)13(2,3)9-14/h5-8H,4,9,14H2,1-3H3,(H,15,16). The Bertz CT molecular complexity index is 372. The smallest absolute Gasteiger partial charge is 0.231 e. The van der Waals surface area contributed by atoms with Gasteiger partial charge < -0.3 is 11.1 Å². The predicted octanol–water partition coefficient (Wildman–Crippen LogP) is 2.17. The minimum absolute atomic E-state index is 0.0387. The van der Waals surface area contributed by atoms with Gasteiger partial charge in [-0.25, -0.2) is 0 Å². The zero-order chi connectivity index (χ0) is 12.2. The lowest BCUT2D eigenvalue weighted by Crippen LogP contribution is -2.37. The minimum atomic E-state index is -0.526. The molecule has 3 heteroatoms. The second-order valence-electron chi connectivity index (χ2n) is 4.60. The molecule has 0 unspecified atom stereocenters. The Balaban J connectivity index is 2.77. The fourth-order valence-corrected chi connectivity index (χ4v) is 1.26. The van der Waals surface area contributed by atoms with Gasteiger partial charge in [0, 0.05) is 12.2 Å². The summed E-state index contributed by atoms with van der Waals surface area (Å²) in [6.07, 6.45) is 0.962. The van der Waals surface area contributed by atoms with Crippen LogP contribution < -0.4 is 11.1 Å². The first kappa shape index (κ1) is 12.7. The monoisotopic (exact) mass is 220 g/mol. The van der Waals surface area contributed by atoms with Gasteiger partial charge in [-0.1, -0.05) is 19.1 Å². The lowest BCUT2D eigenvalue weighted by Gasteiger charge is -2.21. The van der Waals surface area contributed by atoms with E-state index in [9.17, 15) is 4.79 Å². The first-order chi connectivity index (χ1) is 7.49. The highest BCUT2D eigenvalue weighted by Gasteiger charge is 2.25. The third kappa shape index (κ3) is 3.07. The van der Waals surface area contributed by atoms with Crippen molar-refractivity contribution in [2.45, 2.75) is 27.2 Å². The maximum absolute atomic E-state index is 11.9. The van der Waals surface area contributed by atoms with E-state index in [-0.39, 0.29) is 5.91 Å². The molecule has 0 aromatic heterocycles.